The van der Waals surface area contributed by atoms with Crippen LogP contribution in [0.2, 0.25) is 0 Å². The lowest BCUT2D eigenvalue weighted by Crippen LogP contribution is -2.37. The zero-order valence-electron chi connectivity index (χ0n) is 34.5. The number of esters is 2. The molecule has 0 saturated heterocycles. The maximum absolute atomic E-state index is 12.6. The SMILES string of the molecule is CCCCCCCC/C=C/CCCCCCCC(=O)OCC(COP(=O)([O-])OCC[N+](C)(C)C)OC(=O)CCCCCCCCCCCCCCC. The van der Waals surface area contributed by atoms with Crippen LogP contribution in [0.1, 0.15) is 194 Å². The molecule has 0 saturated carbocycles. The fraction of sp³-hybridized carbons (Fsp3) is 0.905. The second-order valence-electron chi connectivity index (χ2n) is 15.7. The molecule has 0 aliphatic rings. The van der Waals surface area contributed by atoms with Gasteiger partial charge in [-0.2, -0.15) is 0 Å². The monoisotopic (exact) mass is 760 g/mol. The van der Waals surface area contributed by atoms with Crippen molar-refractivity contribution in [1.29, 1.82) is 0 Å². The number of hydrogen-bond acceptors (Lipinski definition) is 8. The summed E-state index contributed by atoms with van der Waals surface area (Å²) in [6, 6.07) is 0. The largest absolute Gasteiger partial charge is 0.756 e. The van der Waals surface area contributed by atoms with Crippen molar-refractivity contribution in [3.8, 4) is 0 Å². The summed E-state index contributed by atoms with van der Waals surface area (Å²) in [7, 11) is 1.17. The molecule has 0 aliphatic heterocycles. The Labute approximate surface area is 320 Å². The van der Waals surface area contributed by atoms with Crippen LogP contribution in [0.3, 0.4) is 0 Å². The summed E-state index contributed by atoms with van der Waals surface area (Å²) in [5.74, 6) is -0.837. The summed E-state index contributed by atoms with van der Waals surface area (Å²) >= 11 is 0. The minimum Gasteiger partial charge on any atom is -0.756 e. The molecule has 0 spiro atoms. The molecule has 0 aromatic rings. The van der Waals surface area contributed by atoms with E-state index < -0.39 is 26.5 Å². The number of phosphoric acid groups is 1. The molecule has 0 N–H and O–H groups in total. The van der Waals surface area contributed by atoms with Crippen molar-refractivity contribution in [2.75, 3.05) is 47.5 Å². The number of likely N-dealkylation sites (N-methyl/N-ethyl adjacent to an activating group) is 1. The lowest BCUT2D eigenvalue weighted by molar-refractivity contribution is -0.870. The number of allylic oxidation sites excluding steroid dienone is 2. The van der Waals surface area contributed by atoms with E-state index in [0.29, 0.717) is 17.4 Å². The second kappa shape index (κ2) is 35.5. The Bertz CT molecular complexity index is 907. The molecule has 0 amide bonds. The van der Waals surface area contributed by atoms with E-state index >= 15 is 0 Å². The maximum atomic E-state index is 12.6. The summed E-state index contributed by atoms with van der Waals surface area (Å²) in [6.45, 7) is 4.22. The molecule has 0 aliphatic carbocycles. The van der Waals surface area contributed by atoms with Gasteiger partial charge in [0.1, 0.15) is 19.8 Å². The highest BCUT2D eigenvalue weighted by molar-refractivity contribution is 7.45. The van der Waals surface area contributed by atoms with Gasteiger partial charge in [0, 0.05) is 12.8 Å². The number of carbonyl (C=O) groups is 2. The highest BCUT2D eigenvalue weighted by Gasteiger charge is 2.21. The summed E-state index contributed by atoms with van der Waals surface area (Å²) in [4.78, 5) is 37.4. The number of hydrogen-bond donors (Lipinski definition) is 0. The molecule has 0 rings (SSSR count). The van der Waals surface area contributed by atoms with Gasteiger partial charge in [-0.15, -0.1) is 0 Å². The van der Waals surface area contributed by atoms with E-state index in [4.69, 9.17) is 18.5 Å². The van der Waals surface area contributed by atoms with Crippen molar-refractivity contribution in [3.05, 3.63) is 12.2 Å². The van der Waals surface area contributed by atoms with Crippen LogP contribution in [-0.4, -0.2) is 70.0 Å². The topological polar surface area (TPSA) is 111 Å². The van der Waals surface area contributed by atoms with Crippen LogP contribution in [0.5, 0.6) is 0 Å². The molecule has 10 heteroatoms. The van der Waals surface area contributed by atoms with Crippen molar-refractivity contribution >= 4 is 19.8 Å². The third-order valence-electron chi connectivity index (χ3n) is 9.29. The van der Waals surface area contributed by atoms with Crippen molar-refractivity contribution in [2.45, 2.75) is 200 Å². The molecule has 52 heavy (non-hydrogen) atoms. The summed E-state index contributed by atoms with van der Waals surface area (Å²) in [6.07, 6.45) is 35.1. The Hall–Kier alpha value is -1.25. The molecular formula is C42H82NO8P. The van der Waals surface area contributed by atoms with Gasteiger partial charge < -0.3 is 27.9 Å². The highest BCUT2D eigenvalue weighted by Crippen LogP contribution is 2.38. The van der Waals surface area contributed by atoms with Crippen molar-refractivity contribution < 1.29 is 42.1 Å². The Balaban J connectivity index is 4.37. The molecule has 0 aromatic heterocycles. The fourth-order valence-electron chi connectivity index (χ4n) is 5.88. The van der Waals surface area contributed by atoms with Gasteiger partial charge in [-0.05, 0) is 38.5 Å². The zero-order valence-corrected chi connectivity index (χ0v) is 35.4. The predicted octanol–water partition coefficient (Wildman–Crippen LogP) is 11.2. The van der Waals surface area contributed by atoms with Gasteiger partial charge in [0.05, 0.1) is 27.7 Å². The van der Waals surface area contributed by atoms with Gasteiger partial charge in [0.2, 0.25) is 0 Å². The Kier molecular flexibility index (Phi) is 34.6. The first kappa shape index (κ1) is 50.8. The quantitative estimate of drug-likeness (QED) is 0.0200. The van der Waals surface area contributed by atoms with Gasteiger partial charge in [-0.25, -0.2) is 0 Å². The van der Waals surface area contributed by atoms with E-state index in [2.05, 4.69) is 26.0 Å². The number of quaternary nitrogens is 1. The van der Waals surface area contributed by atoms with Crippen LogP contribution in [0.25, 0.3) is 0 Å². The minimum atomic E-state index is -4.62. The molecule has 0 fully saturated rings. The first-order valence-electron chi connectivity index (χ1n) is 21.4. The zero-order chi connectivity index (χ0) is 38.6. The van der Waals surface area contributed by atoms with E-state index in [-0.39, 0.29) is 32.0 Å². The summed E-state index contributed by atoms with van der Waals surface area (Å²) in [5.41, 5.74) is 0. The van der Waals surface area contributed by atoms with Crippen molar-refractivity contribution in [3.63, 3.8) is 0 Å². The smallest absolute Gasteiger partial charge is 0.306 e. The number of rotatable bonds is 39. The average molecular weight is 760 g/mol. The van der Waals surface area contributed by atoms with Gasteiger partial charge in [0.25, 0.3) is 7.82 Å². The lowest BCUT2D eigenvalue weighted by atomic mass is 10.0. The molecule has 2 unspecified atom stereocenters. The third kappa shape index (κ3) is 38.5. The number of ether oxygens (including phenoxy) is 2. The molecule has 0 bridgehead atoms. The first-order chi connectivity index (χ1) is 25.0. The van der Waals surface area contributed by atoms with Crippen LogP contribution < -0.4 is 4.89 Å². The maximum Gasteiger partial charge on any atom is 0.306 e. The van der Waals surface area contributed by atoms with Crippen LogP contribution in [0, 0.1) is 0 Å². The minimum absolute atomic E-state index is 0.0290. The van der Waals surface area contributed by atoms with E-state index in [9.17, 15) is 19.0 Å². The molecule has 308 valence electrons. The average Bonchev–Trinajstić information content (AvgIpc) is 3.09. The van der Waals surface area contributed by atoms with Crippen molar-refractivity contribution in [1.82, 2.24) is 0 Å². The molecule has 0 aromatic carbocycles. The third-order valence-corrected chi connectivity index (χ3v) is 10.2. The Morgan fingerprint density at radius 1 is 0.577 bits per heavy atom. The van der Waals surface area contributed by atoms with E-state index in [1.54, 1.807) is 0 Å². The number of unbranched alkanes of at least 4 members (excludes halogenated alkanes) is 23. The van der Waals surface area contributed by atoms with Gasteiger partial charge in [-0.1, -0.05) is 154 Å². The number of carbonyl (C=O) groups excluding carboxylic acids is 2. The highest BCUT2D eigenvalue weighted by atomic mass is 31.2. The van der Waals surface area contributed by atoms with Gasteiger partial charge in [-0.3, -0.25) is 14.2 Å². The molecule has 9 nitrogen and oxygen atoms in total. The molecular weight excluding hydrogens is 677 g/mol. The molecule has 0 heterocycles. The Morgan fingerprint density at radius 3 is 1.42 bits per heavy atom. The fourth-order valence-corrected chi connectivity index (χ4v) is 6.61. The molecule has 0 radical (unpaired) electrons. The van der Waals surface area contributed by atoms with Crippen LogP contribution in [0.15, 0.2) is 12.2 Å². The standard InChI is InChI=1S/C42H82NO8P/c1-6-8-10-12-14-16-18-20-21-23-24-26-28-30-32-34-41(44)48-38-40(39-50-52(46,47)49-37-36-43(3,4)5)51-42(45)35-33-31-29-27-25-22-19-17-15-13-11-9-7-2/h20-21,40H,6-19,22-39H2,1-5H3/b21-20+. The second-order valence-corrected chi connectivity index (χ2v) is 17.1. The summed E-state index contributed by atoms with van der Waals surface area (Å²) in [5, 5.41) is 0. The Morgan fingerprint density at radius 2 is 0.981 bits per heavy atom. The number of nitrogens with zero attached hydrogens (tertiary/aromatic N) is 1. The van der Waals surface area contributed by atoms with E-state index in [1.165, 1.54) is 109 Å². The van der Waals surface area contributed by atoms with E-state index in [1.807, 2.05) is 21.1 Å². The van der Waals surface area contributed by atoms with Gasteiger partial charge >= 0.3 is 11.9 Å². The molecule has 2 atom stereocenters. The van der Waals surface area contributed by atoms with Crippen LogP contribution in [0.4, 0.5) is 0 Å². The summed E-state index contributed by atoms with van der Waals surface area (Å²) < 4.78 is 33.8. The lowest BCUT2D eigenvalue weighted by Gasteiger charge is -2.28. The first-order valence-corrected chi connectivity index (χ1v) is 22.9. The number of phosphoric ester groups is 1. The van der Waals surface area contributed by atoms with Crippen LogP contribution in [-0.2, 0) is 32.7 Å². The van der Waals surface area contributed by atoms with E-state index in [0.717, 1.165) is 51.4 Å². The van der Waals surface area contributed by atoms with Crippen molar-refractivity contribution in [2.24, 2.45) is 0 Å². The van der Waals surface area contributed by atoms with Gasteiger partial charge in [0.15, 0.2) is 6.10 Å². The predicted molar refractivity (Wildman–Crippen MR) is 213 cm³/mol. The normalized spacial score (nSPS) is 13.7. The van der Waals surface area contributed by atoms with Crippen LogP contribution >= 0.6 is 7.82 Å².